The monoisotopic (exact) mass is 454 g/mol. The highest BCUT2D eigenvalue weighted by Crippen LogP contribution is 2.21. The summed E-state index contributed by atoms with van der Waals surface area (Å²) in [6.45, 7) is 1.04. The Morgan fingerprint density at radius 1 is 1.04 bits per heavy atom. The Balaban J connectivity index is 1.64. The van der Waals surface area contributed by atoms with E-state index in [1.165, 1.54) is 28.6 Å². The number of aromatic nitrogens is 1. The fourth-order valence-electron chi connectivity index (χ4n) is 2.86. The molecule has 0 unspecified atom stereocenters. The first-order chi connectivity index (χ1) is 12.8. The molecular formula is C17H19BrN4O4S. The Kier molecular flexibility index (Phi) is 5.68. The van der Waals surface area contributed by atoms with Crippen molar-refractivity contribution in [3.05, 3.63) is 52.3 Å². The zero-order valence-electron chi connectivity index (χ0n) is 14.6. The van der Waals surface area contributed by atoms with Crippen molar-refractivity contribution in [2.75, 3.05) is 13.1 Å². The average Bonchev–Trinajstić information content (AvgIpc) is 3.29. The van der Waals surface area contributed by atoms with Crippen molar-refractivity contribution >= 4 is 37.8 Å². The van der Waals surface area contributed by atoms with Gasteiger partial charge in [-0.2, -0.15) is 4.31 Å². The summed E-state index contributed by atoms with van der Waals surface area (Å²) in [5, 5.41) is 0. The number of hydrogen-bond donors (Lipinski definition) is 2. The molecule has 3 rings (SSSR count). The number of benzene rings is 1. The fourth-order valence-corrected chi connectivity index (χ4v) is 4.90. The smallest absolute Gasteiger partial charge is 0.286 e. The van der Waals surface area contributed by atoms with Crippen LogP contribution in [0.25, 0.3) is 0 Å². The standard InChI is InChI=1S/C17H19BrN4O4S/c1-21-11-13(18)10-15(21)17(24)20-19-16(23)12-4-6-14(7-5-12)27(25,26)22-8-2-3-9-22/h4-7,10-11H,2-3,8-9H2,1H3,(H,19,23)(H,20,24). The van der Waals surface area contributed by atoms with Crippen LogP contribution in [0.15, 0.2) is 45.9 Å². The second-order valence-corrected chi connectivity index (χ2v) is 9.05. The molecule has 1 aliphatic heterocycles. The minimum Gasteiger partial charge on any atom is -0.345 e. The third-order valence-corrected chi connectivity index (χ3v) is 6.66. The Morgan fingerprint density at radius 3 is 2.19 bits per heavy atom. The predicted octanol–water partition coefficient (Wildman–Crippen LogP) is 1.65. The van der Waals surface area contributed by atoms with E-state index in [1.54, 1.807) is 23.9 Å². The lowest BCUT2D eigenvalue weighted by Crippen LogP contribution is -2.42. The summed E-state index contributed by atoms with van der Waals surface area (Å²) in [6, 6.07) is 7.27. The molecule has 0 atom stereocenters. The topological polar surface area (TPSA) is 101 Å². The lowest BCUT2D eigenvalue weighted by molar-refractivity contribution is 0.0842. The molecule has 1 aromatic carbocycles. The van der Waals surface area contributed by atoms with Crippen molar-refractivity contribution in [3.8, 4) is 0 Å². The van der Waals surface area contributed by atoms with Gasteiger partial charge >= 0.3 is 0 Å². The van der Waals surface area contributed by atoms with Gasteiger partial charge in [-0.15, -0.1) is 0 Å². The van der Waals surface area contributed by atoms with E-state index >= 15 is 0 Å². The van der Waals surface area contributed by atoms with E-state index < -0.39 is 21.8 Å². The highest BCUT2D eigenvalue weighted by atomic mass is 79.9. The molecule has 2 N–H and O–H groups in total. The molecule has 1 aromatic heterocycles. The molecule has 1 fully saturated rings. The van der Waals surface area contributed by atoms with Crippen LogP contribution in [-0.4, -0.2) is 42.2 Å². The molecule has 10 heteroatoms. The molecule has 2 aromatic rings. The van der Waals surface area contributed by atoms with E-state index in [-0.39, 0.29) is 10.5 Å². The van der Waals surface area contributed by atoms with Gasteiger partial charge in [0.1, 0.15) is 5.69 Å². The molecule has 144 valence electrons. The van der Waals surface area contributed by atoms with Gasteiger partial charge in [0.15, 0.2) is 0 Å². The van der Waals surface area contributed by atoms with Crippen LogP contribution in [0.1, 0.15) is 33.7 Å². The molecule has 0 bridgehead atoms. The summed E-state index contributed by atoms with van der Waals surface area (Å²) < 4.78 is 28.8. The van der Waals surface area contributed by atoms with E-state index in [0.29, 0.717) is 18.8 Å². The van der Waals surface area contributed by atoms with Crippen LogP contribution in [-0.2, 0) is 17.1 Å². The quantitative estimate of drug-likeness (QED) is 0.685. The molecule has 0 radical (unpaired) electrons. The Labute approximate surface area is 165 Å². The number of aryl methyl sites for hydroxylation is 1. The van der Waals surface area contributed by atoms with Gasteiger partial charge in [0.05, 0.1) is 4.90 Å². The highest BCUT2D eigenvalue weighted by molar-refractivity contribution is 9.10. The van der Waals surface area contributed by atoms with Crippen LogP contribution in [0, 0.1) is 0 Å². The van der Waals surface area contributed by atoms with Crippen molar-refractivity contribution in [1.29, 1.82) is 0 Å². The minimum absolute atomic E-state index is 0.152. The van der Waals surface area contributed by atoms with Crippen LogP contribution in [0.4, 0.5) is 0 Å². The first-order valence-corrected chi connectivity index (χ1v) is 10.5. The zero-order chi connectivity index (χ0) is 19.6. The summed E-state index contributed by atoms with van der Waals surface area (Å²) in [7, 11) is -1.81. The molecule has 1 aliphatic rings. The average molecular weight is 455 g/mol. The Bertz CT molecular complexity index is 963. The van der Waals surface area contributed by atoms with E-state index in [1.807, 2.05) is 0 Å². The van der Waals surface area contributed by atoms with Crippen LogP contribution < -0.4 is 10.9 Å². The molecule has 8 nitrogen and oxygen atoms in total. The van der Waals surface area contributed by atoms with E-state index in [9.17, 15) is 18.0 Å². The number of rotatable bonds is 4. The van der Waals surface area contributed by atoms with Crippen LogP contribution in [0.2, 0.25) is 0 Å². The first kappa shape index (κ1) is 19.6. The number of hydrogen-bond acceptors (Lipinski definition) is 4. The fraction of sp³-hybridized carbons (Fsp3) is 0.294. The van der Waals surface area contributed by atoms with Crippen molar-refractivity contribution in [1.82, 2.24) is 19.7 Å². The zero-order valence-corrected chi connectivity index (χ0v) is 17.0. The number of carbonyl (C=O) groups is 2. The molecular weight excluding hydrogens is 436 g/mol. The van der Waals surface area contributed by atoms with Crippen molar-refractivity contribution in [2.24, 2.45) is 7.05 Å². The lowest BCUT2D eigenvalue weighted by atomic mass is 10.2. The molecule has 0 aliphatic carbocycles. The minimum atomic E-state index is -3.52. The molecule has 0 saturated carbocycles. The SMILES string of the molecule is Cn1cc(Br)cc1C(=O)NNC(=O)c1ccc(S(=O)(=O)N2CCCC2)cc1. The van der Waals surface area contributed by atoms with Gasteiger partial charge in [0, 0.05) is 36.4 Å². The van der Waals surface area contributed by atoms with Crippen LogP contribution in [0.5, 0.6) is 0 Å². The van der Waals surface area contributed by atoms with E-state index in [2.05, 4.69) is 26.8 Å². The summed E-state index contributed by atoms with van der Waals surface area (Å²) in [5.74, 6) is -1.01. The third-order valence-electron chi connectivity index (χ3n) is 4.31. The van der Waals surface area contributed by atoms with Gasteiger partial charge in [-0.05, 0) is 59.1 Å². The second kappa shape index (κ2) is 7.83. The number of sulfonamides is 1. The van der Waals surface area contributed by atoms with Gasteiger partial charge in [-0.1, -0.05) is 0 Å². The third kappa shape index (κ3) is 4.23. The highest BCUT2D eigenvalue weighted by Gasteiger charge is 2.27. The number of hydrazine groups is 1. The van der Waals surface area contributed by atoms with Gasteiger partial charge in [0.25, 0.3) is 11.8 Å². The van der Waals surface area contributed by atoms with Crippen LogP contribution >= 0.6 is 15.9 Å². The maximum absolute atomic E-state index is 12.5. The maximum Gasteiger partial charge on any atom is 0.286 e. The number of carbonyl (C=O) groups excluding carboxylic acids is 2. The molecule has 2 heterocycles. The van der Waals surface area contributed by atoms with Crippen molar-refractivity contribution < 1.29 is 18.0 Å². The number of halogens is 1. The molecule has 27 heavy (non-hydrogen) atoms. The summed E-state index contributed by atoms with van der Waals surface area (Å²) in [6.07, 6.45) is 3.44. The number of amides is 2. The maximum atomic E-state index is 12.5. The van der Waals surface area contributed by atoms with Gasteiger partial charge in [-0.3, -0.25) is 20.4 Å². The van der Waals surface area contributed by atoms with Gasteiger partial charge in [-0.25, -0.2) is 8.42 Å². The second-order valence-electron chi connectivity index (χ2n) is 6.20. The number of nitrogens with zero attached hydrogens (tertiary/aromatic N) is 2. The number of nitrogens with one attached hydrogen (secondary N) is 2. The van der Waals surface area contributed by atoms with Crippen molar-refractivity contribution in [2.45, 2.75) is 17.7 Å². The summed E-state index contributed by atoms with van der Waals surface area (Å²) >= 11 is 3.27. The van der Waals surface area contributed by atoms with Gasteiger partial charge in [0.2, 0.25) is 10.0 Å². The predicted molar refractivity (Wildman–Crippen MR) is 102 cm³/mol. The molecule has 2 amide bonds. The largest absolute Gasteiger partial charge is 0.345 e. The van der Waals surface area contributed by atoms with Crippen molar-refractivity contribution in [3.63, 3.8) is 0 Å². The van der Waals surface area contributed by atoms with E-state index in [0.717, 1.165) is 17.3 Å². The van der Waals surface area contributed by atoms with Gasteiger partial charge < -0.3 is 4.57 Å². The summed E-state index contributed by atoms with van der Waals surface area (Å²) in [4.78, 5) is 24.4. The first-order valence-electron chi connectivity index (χ1n) is 8.32. The Morgan fingerprint density at radius 2 is 1.63 bits per heavy atom. The molecule has 1 saturated heterocycles. The lowest BCUT2D eigenvalue weighted by Gasteiger charge is -2.15. The normalized spacial score (nSPS) is 14.9. The summed E-state index contributed by atoms with van der Waals surface area (Å²) in [5.41, 5.74) is 5.26. The van der Waals surface area contributed by atoms with Crippen LogP contribution in [0.3, 0.4) is 0 Å². The Hall–Kier alpha value is -2.17. The van der Waals surface area contributed by atoms with E-state index in [4.69, 9.17) is 0 Å². The molecule has 0 spiro atoms.